The Balaban J connectivity index is 2.03. The van der Waals surface area contributed by atoms with Gasteiger partial charge in [0.2, 0.25) is 10.0 Å². The largest absolute Gasteiger partial charge is 0.481 e. The maximum Gasteiger partial charge on any atom is 0.307 e. The number of carboxylic acid groups (broad SMARTS) is 1. The zero-order valence-corrected chi connectivity index (χ0v) is 12.2. The molecule has 1 saturated heterocycles. The summed E-state index contributed by atoms with van der Waals surface area (Å²) >= 11 is 0. The van der Waals surface area contributed by atoms with Gasteiger partial charge in [-0.1, -0.05) is 37.3 Å². The third-order valence-electron chi connectivity index (χ3n) is 3.72. The van der Waals surface area contributed by atoms with Crippen molar-refractivity contribution in [3.63, 3.8) is 0 Å². The monoisotopic (exact) mass is 297 g/mol. The Morgan fingerprint density at radius 3 is 2.60 bits per heavy atom. The number of aliphatic carboxylic acids is 1. The number of benzene rings is 1. The molecular weight excluding hydrogens is 278 g/mol. The van der Waals surface area contributed by atoms with Crippen LogP contribution in [0, 0.1) is 5.92 Å². The molecule has 0 saturated carbocycles. The van der Waals surface area contributed by atoms with Gasteiger partial charge >= 0.3 is 5.97 Å². The standard InChI is InChI=1S/C14H19NO4S/c1-11(12-5-3-2-4-6-12)10-20(18,19)15-8-7-13(9-15)14(16)17/h2-6,11,13H,7-10H2,1H3,(H,16,17). The van der Waals surface area contributed by atoms with E-state index < -0.39 is 21.9 Å². The van der Waals surface area contributed by atoms with Gasteiger partial charge in [-0.25, -0.2) is 12.7 Å². The lowest BCUT2D eigenvalue weighted by Crippen LogP contribution is -2.33. The molecular formula is C14H19NO4S. The van der Waals surface area contributed by atoms with E-state index in [9.17, 15) is 13.2 Å². The summed E-state index contributed by atoms with van der Waals surface area (Å²) in [6.07, 6.45) is 0.397. The van der Waals surface area contributed by atoms with Gasteiger partial charge < -0.3 is 5.11 Å². The number of nitrogens with zero attached hydrogens (tertiary/aromatic N) is 1. The molecule has 0 bridgehead atoms. The highest BCUT2D eigenvalue weighted by Crippen LogP contribution is 2.24. The van der Waals surface area contributed by atoms with E-state index in [1.54, 1.807) is 0 Å². The summed E-state index contributed by atoms with van der Waals surface area (Å²) in [6, 6.07) is 9.47. The Morgan fingerprint density at radius 2 is 2.05 bits per heavy atom. The van der Waals surface area contributed by atoms with Crippen LogP contribution in [0.25, 0.3) is 0 Å². The first kappa shape index (κ1) is 15.0. The van der Waals surface area contributed by atoms with E-state index in [2.05, 4.69) is 0 Å². The zero-order chi connectivity index (χ0) is 14.8. The maximum atomic E-state index is 12.3. The molecule has 1 N–H and O–H groups in total. The molecule has 6 heteroatoms. The lowest BCUT2D eigenvalue weighted by molar-refractivity contribution is -0.141. The van der Waals surface area contributed by atoms with Gasteiger partial charge in [-0.3, -0.25) is 4.79 Å². The van der Waals surface area contributed by atoms with Crippen molar-refractivity contribution in [2.24, 2.45) is 5.92 Å². The van der Waals surface area contributed by atoms with Crippen LogP contribution in [-0.4, -0.2) is 42.6 Å². The van der Waals surface area contributed by atoms with Crippen molar-refractivity contribution in [2.45, 2.75) is 19.3 Å². The van der Waals surface area contributed by atoms with Crippen molar-refractivity contribution in [2.75, 3.05) is 18.8 Å². The van der Waals surface area contributed by atoms with E-state index in [4.69, 9.17) is 5.11 Å². The molecule has 0 amide bonds. The first-order valence-corrected chi connectivity index (χ1v) is 8.26. The van der Waals surface area contributed by atoms with Crippen LogP contribution in [-0.2, 0) is 14.8 Å². The minimum Gasteiger partial charge on any atom is -0.481 e. The molecule has 2 unspecified atom stereocenters. The summed E-state index contributed by atoms with van der Waals surface area (Å²) in [5, 5.41) is 8.94. The lowest BCUT2D eigenvalue weighted by Gasteiger charge is -2.19. The van der Waals surface area contributed by atoms with E-state index in [0.29, 0.717) is 13.0 Å². The average Bonchev–Trinajstić information content (AvgIpc) is 2.90. The molecule has 0 aromatic heterocycles. The molecule has 110 valence electrons. The summed E-state index contributed by atoms with van der Waals surface area (Å²) in [5.41, 5.74) is 0.977. The number of hydrogen-bond acceptors (Lipinski definition) is 3. The second-order valence-electron chi connectivity index (χ2n) is 5.27. The predicted octanol–water partition coefficient (Wildman–Crippen LogP) is 1.53. The maximum absolute atomic E-state index is 12.3. The number of hydrogen-bond donors (Lipinski definition) is 1. The fourth-order valence-corrected chi connectivity index (χ4v) is 4.31. The summed E-state index contributed by atoms with van der Waals surface area (Å²) in [5.74, 6) is -1.58. The summed E-state index contributed by atoms with van der Waals surface area (Å²) in [4.78, 5) is 10.9. The van der Waals surface area contributed by atoms with Crippen LogP contribution < -0.4 is 0 Å². The molecule has 1 heterocycles. The molecule has 5 nitrogen and oxygen atoms in total. The summed E-state index contributed by atoms with van der Waals surface area (Å²) < 4.78 is 25.9. The minimum atomic E-state index is -3.40. The highest BCUT2D eigenvalue weighted by atomic mass is 32.2. The van der Waals surface area contributed by atoms with Crippen LogP contribution in [0.3, 0.4) is 0 Å². The number of carboxylic acids is 1. The molecule has 20 heavy (non-hydrogen) atoms. The van der Waals surface area contributed by atoms with E-state index >= 15 is 0 Å². The molecule has 1 aliphatic heterocycles. The van der Waals surface area contributed by atoms with Crippen molar-refractivity contribution < 1.29 is 18.3 Å². The molecule has 0 radical (unpaired) electrons. The van der Waals surface area contributed by atoms with Crippen molar-refractivity contribution >= 4 is 16.0 Å². The van der Waals surface area contributed by atoms with Crippen LogP contribution in [0.1, 0.15) is 24.8 Å². The van der Waals surface area contributed by atoms with Gasteiger partial charge in [0.25, 0.3) is 0 Å². The quantitative estimate of drug-likeness (QED) is 0.894. The Morgan fingerprint density at radius 1 is 1.40 bits per heavy atom. The summed E-state index contributed by atoms with van der Waals surface area (Å²) in [6.45, 7) is 2.28. The van der Waals surface area contributed by atoms with E-state index in [0.717, 1.165) is 5.56 Å². The number of sulfonamides is 1. The third kappa shape index (κ3) is 3.37. The first-order valence-electron chi connectivity index (χ1n) is 6.65. The molecule has 1 aliphatic rings. The zero-order valence-electron chi connectivity index (χ0n) is 11.4. The molecule has 0 spiro atoms. The molecule has 2 atom stereocenters. The van der Waals surface area contributed by atoms with Gasteiger partial charge in [0, 0.05) is 13.1 Å². The number of rotatable bonds is 5. The predicted molar refractivity (Wildman–Crippen MR) is 76.0 cm³/mol. The van der Waals surface area contributed by atoms with E-state index in [1.165, 1.54) is 4.31 Å². The van der Waals surface area contributed by atoms with Gasteiger partial charge in [0.15, 0.2) is 0 Å². The Bertz CT molecular complexity index is 570. The highest BCUT2D eigenvalue weighted by molar-refractivity contribution is 7.89. The first-order chi connectivity index (χ1) is 9.40. The van der Waals surface area contributed by atoms with E-state index in [1.807, 2.05) is 37.3 Å². The van der Waals surface area contributed by atoms with Crippen LogP contribution >= 0.6 is 0 Å². The van der Waals surface area contributed by atoms with Crippen molar-refractivity contribution in [3.05, 3.63) is 35.9 Å². The molecule has 1 aromatic rings. The van der Waals surface area contributed by atoms with Crippen LogP contribution in [0.2, 0.25) is 0 Å². The fraction of sp³-hybridized carbons (Fsp3) is 0.500. The van der Waals surface area contributed by atoms with Gasteiger partial charge in [-0.2, -0.15) is 0 Å². The molecule has 0 aliphatic carbocycles. The van der Waals surface area contributed by atoms with Gasteiger partial charge in [-0.15, -0.1) is 0 Å². The van der Waals surface area contributed by atoms with Crippen LogP contribution in [0.4, 0.5) is 0 Å². The van der Waals surface area contributed by atoms with Crippen molar-refractivity contribution in [1.29, 1.82) is 0 Å². The Labute approximate surface area is 119 Å². The topological polar surface area (TPSA) is 74.7 Å². The van der Waals surface area contributed by atoms with E-state index in [-0.39, 0.29) is 18.2 Å². The smallest absolute Gasteiger partial charge is 0.307 e. The molecule has 2 rings (SSSR count). The van der Waals surface area contributed by atoms with Crippen molar-refractivity contribution in [1.82, 2.24) is 4.31 Å². The average molecular weight is 297 g/mol. The van der Waals surface area contributed by atoms with Crippen LogP contribution in [0.15, 0.2) is 30.3 Å². The SMILES string of the molecule is CC(CS(=O)(=O)N1CCC(C(=O)O)C1)c1ccccc1. The third-order valence-corrected chi connectivity index (χ3v) is 5.76. The molecule has 1 aromatic carbocycles. The van der Waals surface area contributed by atoms with Gasteiger partial charge in [-0.05, 0) is 17.9 Å². The van der Waals surface area contributed by atoms with Crippen molar-refractivity contribution in [3.8, 4) is 0 Å². The summed E-state index contributed by atoms with van der Waals surface area (Å²) in [7, 11) is -3.40. The lowest BCUT2D eigenvalue weighted by atomic mass is 10.0. The second-order valence-corrected chi connectivity index (χ2v) is 7.29. The van der Waals surface area contributed by atoms with Gasteiger partial charge in [0.05, 0.1) is 11.7 Å². The Kier molecular flexibility index (Phi) is 4.45. The normalized spacial score (nSPS) is 21.8. The fourth-order valence-electron chi connectivity index (χ4n) is 2.48. The highest BCUT2D eigenvalue weighted by Gasteiger charge is 2.35. The van der Waals surface area contributed by atoms with Crippen LogP contribution in [0.5, 0.6) is 0 Å². The molecule has 1 fully saturated rings. The Hall–Kier alpha value is -1.40. The van der Waals surface area contributed by atoms with Gasteiger partial charge in [0.1, 0.15) is 0 Å². The number of carbonyl (C=O) groups is 1. The minimum absolute atomic E-state index is 0.0172. The second kappa shape index (κ2) is 5.93.